The van der Waals surface area contributed by atoms with Crippen LogP contribution in [0.5, 0.6) is 5.75 Å². The summed E-state index contributed by atoms with van der Waals surface area (Å²) < 4.78 is 44.6. The molecule has 0 aliphatic carbocycles. The maximum atomic E-state index is 13.9. The Morgan fingerprint density at radius 3 is 1.89 bits per heavy atom. The van der Waals surface area contributed by atoms with Crippen molar-refractivity contribution in [2.45, 2.75) is 186 Å². The van der Waals surface area contributed by atoms with Crippen LogP contribution >= 0.6 is 23.4 Å². The Balaban J connectivity index is 1.58. The monoisotopic (exact) mass is 1270 g/mol. The van der Waals surface area contributed by atoms with E-state index in [2.05, 4.69) is 42.1 Å². The number of nitrogens with zero attached hydrogens (tertiary/aromatic N) is 4. The predicted octanol–water partition coefficient (Wildman–Crippen LogP) is 10.5. The summed E-state index contributed by atoms with van der Waals surface area (Å²) >= 11 is 7.20. The third-order valence-corrected chi connectivity index (χ3v) is 13.0. The molecule has 2 heterocycles. The molecule has 4 aromatic rings. The highest BCUT2D eigenvalue weighted by Gasteiger charge is 2.32. The van der Waals surface area contributed by atoms with Crippen LogP contribution in [0, 0.1) is 23.8 Å². The second-order valence-electron chi connectivity index (χ2n) is 24.5. The van der Waals surface area contributed by atoms with Gasteiger partial charge in [0, 0.05) is 41.3 Å². The Morgan fingerprint density at radius 2 is 1.31 bits per heavy atom. The van der Waals surface area contributed by atoms with Gasteiger partial charge >= 0.3 is 36.2 Å². The van der Waals surface area contributed by atoms with E-state index in [1.807, 2.05) is 0 Å². The van der Waals surface area contributed by atoms with Crippen molar-refractivity contribution in [3.8, 4) is 34.4 Å². The second-order valence-corrected chi connectivity index (χ2v) is 25.9. The van der Waals surface area contributed by atoms with Crippen molar-refractivity contribution in [3.05, 3.63) is 82.5 Å². The van der Waals surface area contributed by atoms with E-state index in [-0.39, 0.29) is 71.4 Å². The number of halogens is 1. The fourth-order valence-corrected chi connectivity index (χ4v) is 8.88. The molecule has 0 saturated heterocycles. The van der Waals surface area contributed by atoms with Crippen LogP contribution in [0.3, 0.4) is 0 Å². The van der Waals surface area contributed by atoms with Gasteiger partial charge in [-0.3, -0.25) is 19.2 Å². The number of carbonyl (C=O) groups excluding carboxylic acids is 8. The smallest absolute Gasteiger partial charge is 0.408 e. The first kappa shape index (κ1) is 72.9. The number of ether oxygens (including phenoxy) is 7. The Labute approximate surface area is 527 Å². The number of oxazole rings is 1. The third kappa shape index (κ3) is 25.9. The van der Waals surface area contributed by atoms with Gasteiger partial charge in [-0.2, -0.15) is 5.26 Å². The first-order valence-electron chi connectivity index (χ1n) is 28.5. The number of carbonyl (C=O) groups is 8. The number of rotatable bonds is 27. The maximum Gasteiger partial charge on any atom is 0.408 e. The van der Waals surface area contributed by atoms with Gasteiger partial charge in [-0.25, -0.2) is 34.0 Å². The molecule has 0 bridgehead atoms. The number of anilines is 1. The molecule has 4 amide bonds. The van der Waals surface area contributed by atoms with Crippen molar-refractivity contribution in [1.29, 1.82) is 5.26 Å². The Kier molecular flexibility index (Phi) is 26.7. The summed E-state index contributed by atoms with van der Waals surface area (Å²) in [5.41, 5.74) is 4.70. The average molecular weight is 1270 g/mol. The largest absolute Gasteiger partial charge is 0.490 e. The number of nitriles is 1. The lowest BCUT2D eigenvalue weighted by Gasteiger charge is -2.25. The predicted molar refractivity (Wildman–Crippen MR) is 329 cm³/mol. The summed E-state index contributed by atoms with van der Waals surface area (Å²) in [6.45, 7) is 29.4. The van der Waals surface area contributed by atoms with Gasteiger partial charge in [0.1, 0.15) is 76.6 Å². The minimum absolute atomic E-state index is 0.0639. The number of aromatic nitrogens is 2. The molecular formula is C62H80ClN9O16S. The van der Waals surface area contributed by atoms with Crippen LogP contribution < -0.4 is 31.7 Å². The first-order chi connectivity index (χ1) is 41.4. The van der Waals surface area contributed by atoms with Gasteiger partial charge in [0.2, 0.25) is 17.5 Å². The minimum Gasteiger partial charge on any atom is -0.490 e. The SMILES string of the molecule is [C-]#[N+]c1c(N)nc(SCc2coc(-c3ccc(Cl)cc3)n2)c(C#N)c1-c1ccc(OC[C@@H](COC(=O)[C@H](C)CC(=O)[C@H](CCNC(=O)OC(C)(C)C)NC(=O)OC(C)(C)C)OC(=O)[C@H](C)NC(=O)[C@H](CCCC(=O)OC(C)(C)C)NC(=O)OC(C)(C)C)cc1. The summed E-state index contributed by atoms with van der Waals surface area (Å²) in [5, 5.41) is 21.4. The molecule has 0 aliphatic rings. The van der Waals surface area contributed by atoms with Gasteiger partial charge in [0.15, 0.2) is 11.9 Å². The van der Waals surface area contributed by atoms with Gasteiger partial charge in [-0.15, -0.1) is 0 Å². The molecule has 0 spiro atoms. The topological polar surface area (TPSA) is 342 Å². The molecule has 0 aliphatic heterocycles. The maximum absolute atomic E-state index is 13.9. The molecule has 2 aromatic carbocycles. The molecule has 89 heavy (non-hydrogen) atoms. The molecule has 0 unspecified atom stereocenters. The number of nitrogens with two attached hydrogens (primary N) is 1. The number of pyridine rings is 1. The Morgan fingerprint density at radius 1 is 0.742 bits per heavy atom. The van der Waals surface area contributed by atoms with E-state index in [0.29, 0.717) is 27.7 Å². The number of hydrogen-bond acceptors (Lipinski definition) is 21. The molecule has 2 aromatic heterocycles. The van der Waals surface area contributed by atoms with Crippen molar-refractivity contribution in [1.82, 2.24) is 31.2 Å². The van der Waals surface area contributed by atoms with Crippen LogP contribution in [-0.2, 0) is 58.1 Å². The number of benzene rings is 2. The number of thioether (sulfide) groups is 1. The molecule has 482 valence electrons. The van der Waals surface area contributed by atoms with Crippen molar-refractivity contribution in [2.75, 3.05) is 25.5 Å². The van der Waals surface area contributed by atoms with Crippen LogP contribution in [0.15, 0.2) is 64.2 Å². The van der Waals surface area contributed by atoms with Crippen molar-refractivity contribution >= 4 is 82.7 Å². The van der Waals surface area contributed by atoms with Gasteiger partial charge < -0.3 is 64.6 Å². The van der Waals surface area contributed by atoms with Crippen molar-refractivity contribution in [3.63, 3.8) is 0 Å². The van der Waals surface area contributed by atoms with E-state index in [4.69, 9.17) is 61.5 Å². The van der Waals surface area contributed by atoms with Gasteiger partial charge in [0.05, 0.1) is 29.8 Å². The highest BCUT2D eigenvalue weighted by atomic mass is 35.5. The Bertz CT molecular complexity index is 3230. The molecule has 5 atom stereocenters. The van der Waals surface area contributed by atoms with Crippen LogP contribution in [0.1, 0.15) is 140 Å². The zero-order valence-electron chi connectivity index (χ0n) is 52.6. The molecule has 6 N–H and O–H groups in total. The summed E-state index contributed by atoms with van der Waals surface area (Å²) in [6.07, 6.45) is -3.17. The molecule has 0 saturated carbocycles. The molecule has 27 heteroatoms. The lowest BCUT2D eigenvalue weighted by atomic mass is 9.98. The van der Waals surface area contributed by atoms with E-state index in [1.54, 1.807) is 119 Å². The van der Waals surface area contributed by atoms with Gasteiger partial charge in [-0.05, 0) is 151 Å². The number of hydrogen-bond donors (Lipinski definition) is 5. The van der Waals surface area contributed by atoms with E-state index >= 15 is 0 Å². The fourth-order valence-electron chi connectivity index (χ4n) is 7.88. The standard InChI is InChI=1S/C62H80ClN9O16S/c1-35(29-46(73)44(70-57(79)87-61(9,10)11)27-28-67-56(78)86-60(6,7)8)54(76)83-33-42(84-55(77)36(2)68-51(75)45(71-58(80)88-62(12,13)14)17-16-18-47(74)85-59(3,4)5)32-81-41-25-21-37(22-26-41)48-43(30-64)53(72-50(65)49(48)66-15)89-34-40-31-82-52(69-40)38-19-23-39(63)24-20-38/h19-26,31,35-36,42,44-45H,16-18,27-29,32-34H2,1-14H3,(H2,65,72)(H,67,78)(H,68,75)(H,70,79)(H,71,80)/t35-,36+,42+,44+,45+/m1/s1. The first-order valence-corrected chi connectivity index (χ1v) is 29.8. The highest BCUT2D eigenvalue weighted by Crippen LogP contribution is 2.42. The number of nitrogen functional groups attached to an aromatic ring is 1. The number of amides is 4. The zero-order chi connectivity index (χ0) is 66.6. The average Bonchev–Trinajstić information content (AvgIpc) is 1.07. The summed E-state index contributed by atoms with van der Waals surface area (Å²) in [7, 11) is 0. The van der Waals surface area contributed by atoms with Crippen LogP contribution in [-0.4, -0.2) is 124 Å². The summed E-state index contributed by atoms with van der Waals surface area (Å²) in [6, 6.07) is 11.3. The quantitative estimate of drug-likeness (QED) is 0.0160. The third-order valence-electron chi connectivity index (χ3n) is 11.8. The normalized spacial score (nSPS) is 13.3. The molecular weight excluding hydrogens is 1190 g/mol. The van der Waals surface area contributed by atoms with Crippen molar-refractivity contribution in [2.24, 2.45) is 5.92 Å². The van der Waals surface area contributed by atoms with Crippen molar-refractivity contribution < 1.29 is 75.9 Å². The van der Waals surface area contributed by atoms with Crippen LogP contribution in [0.2, 0.25) is 5.02 Å². The Hall–Kier alpha value is -8.62. The lowest BCUT2D eigenvalue weighted by Crippen LogP contribution is -2.52. The number of nitrogens with one attached hydrogen (secondary N) is 4. The lowest BCUT2D eigenvalue weighted by molar-refractivity contribution is -0.164. The molecule has 0 fully saturated rings. The second kappa shape index (κ2) is 32.6. The van der Waals surface area contributed by atoms with E-state index in [9.17, 15) is 43.6 Å². The van der Waals surface area contributed by atoms with Gasteiger partial charge in [-0.1, -0.05) is 42.4 Å². The van der Waals surface area contributed by atoms with E-state index in [1.165, 1.54) is 32.2 Å². The number of Topliss-reactive ketones (excluding diaryl/α,β-unsaturated/α-hetero) is 1. The molecule has 25 nitrogen and oxygen atoms in total. The highest BCUT2D eigenvalue weighted by molar-refractivity contribution is 7.98. The van der Waals surface area contributed by atoms with E-state index in [0.717, 1.165) is 11.8 Å². The summed E-state index contributed by atoms with van der Waals surface area (Å²) in [4.78, 5) is 118. The summed E-state index contributed by atoms with van der Waals surface area (Å²) in [5.74, 6) is -4.44. The zero-order valence-corrected chi connectivity index (χ0v) is 54.2. The molecule has 0 radical (unpaired) electrons. The fraction of sp³-hybridized carbons (Fsp3) is 0.516. The number of ketones is 1. The van der Waals surface area contributed by atoms with Gasteiger partial charge in [0.25, 0.3) is 0 Å². The van der Waals surface area contributed by atoms with Crippen LogP contribution in [0.4, 0.5) is 25.9 Å². The number of alkyl carbamates (subject to hydrolysis) is 3. The molecule has 4 rings (SSSR count). The van der Waals surface area contributed by atoms with E-state index < -0.39 is 120 Å². The number of esters is 3. The minimum atomic E-state index is -1.41. The van der Waals surface area contributed by atoms with Crippen LogP contribution in [0.25, 0.3) is 27.4 Å².